The highest BCUT2D eigenvalue weighted by Crippen LogP contribution is 2.61. The van der Waals surface area contributed by atoms with Gasteiger partial charge in [-0.25, -0.2) is 4.90 Å². The number of nitrogens with zero attached hydrogens (tertiary/aromatic N) is 1. The zero-order valence-corrected chi connectivity index (χ0v) is 12.8. The van der Waals surface area contributed by atoms with Crippen molar-refractivity contribution < 1.29 is 14.3 Å². The van der Waals surface area contributed by atoms with Gasteiger partial charge in [0.1, 0.15) is 5.75 Å². The van der Waals surface area contributed by atoms with E-state index in [1.165, 1.54) is 4.90 Å². The van der Waals surface area contributed by atoms with E-state index < -0.39 is 5.41 Å². The van der Waals surface area contributed by atoms with Crippen LogP contribution >= 0.6 is 0 Å². The van der Waals surface area contributed by atoms with E-state index in [9.17, 15) is 9.59 Å². The Morgan fingerprint density at radius 2 is 2.05 bits per heavy atom. The number of rotatable bonds is 3. The third-order valence-electron chi connectivity index (χ3n) is 5.52. The number of allylic oxidation sites excluding steroid dienone is 2. The largest absolute Gasteiger partial charge is 0.492 e. The lowest BCUT2D eigenvalue weighted by Crippen LogP contribution is -2.37. The summed E-state index contributed by atoms with van der Waals surface area (Å²) in [5.41, 5.74) is -0.00935. The van der Waals surface area contributed by atoms with Crippen molar-refractivity contribution in [2.24, 2.45) is 23.2 Å². The minimum atomic E-state index is -0.587. The second-order valence-corrected chi connectivity index (χ2v) is 6.53. The van der Waals surface area contributed by atoms with Crippen LogP contribution in [-0.4, -0.2) is 18.4 Å². The summed E-state index contributed by atoms with van der Waals surface area (Å²) in [6, 6.07) is 7.29. The minimum absolute atomic E-state index is 0.0727. The molecule has 2 bridgehead atoms. The zero-order valence-electron chi connectivity index (χ0n) is 12.8. The molecule has 3 aliphatic rings. The molecule has 2 aliphatic carbocycles. The van der Waals surface area contributed by atoms with Gasteiger partial charge in [-0.2, -0.15) is 0 Å². The van der Waals surface area contributed by atoms with Gasteiger partial charge < -0.3 is 4.74 Å². The molecule has 22 heavy (non-hydrogen) atoms. The van der Waals surface area contributed by atoms with Crippen molar-refractivity contribution in [3.8, 4) is 5.75 Å². The summed E-state index contributed by atoms with van der Waals surface area (Å²) in [5.74, 6) is 0.613. The number of carbonyl (C=O) groups excluding carboxylic acids is 2. The fourth-order valence-corrected chi connectivity index (χ4v) is 4.45. The number of para-hydroxylation sites is 2. The van der Waals surface area contributed by atoms with Gasteiger partial charge in [-0.05, 0) is 44.2 Å². The Labute approximate surface area is 129 Å². The first-order valence-corrected chi connectivity index (χ1v) is 7.87. The van der Waals surface area contributed by atoms with Crippen LogP contribution in [0, 0.1) is 23.2 Å². The van der Waals surface area contributed by atoms with Gasteiger partial charge in [-0.1, -0.05) is 24.3 Å². The van der Waals surface area contributed by atoms with E-state index in [0.717, 1.165) is 6.42 Å². The standard InChI is InChI=1S/C18H19NO3/c1-3-22-14-7-5-4-6-13(14)19-16(20)15-11-8-9-12(10-11)18(15,2)17(19)21/h4-9,11-12,15H,3,10H2,1-2H3/t11-,12+,15-,18-/m1/s1. The summed E-state index contributed by atoms with van der Waals surface area (Å²) in [4.78, 5) is 27.4. The van der Waals surface area contributed by atoms with E-state index in [1.807, 2.05) is 32.0 Å². The molecule has 4 heteroatoms. The number of amides is 2. The number of ether oxygens (including phenoxy) is 1. The number of benzene rings is 1. The lowest BCUT2D eigenvalue weighted by Gasteiger charge is -2.28. The number of imide groups is 1. The van der Waals surface area contributed by atoms with Crippen molar-refractivity contribution in [1.29, 1.82) is 0 Å². The first-order chi connectivity index (χ1) is 10.6. The summed E-state index contributed by atoms with van der Waals surface area (Å²) in [5, 5.41) is 0. The molecule has 0 unspecified atom stereocenters. The molecule has 4 nitrogen and oxygen atoms in total. The Hall–Kier alpha value is -2.10. The maximum atomic E-state index is 13.1. The molecule has 0 N–H and O–H groups in total. The topological polar surface area (TPSA) is 46.6 Å². The van der Waals surface area contributed by atoms with Crippen LogP contribution in [0.5, 0.6) is 5.75 Å². The van der Waals surface area contributed by atoms with Crippen LogP contribution < -0.4 is 9.64 Å². The molecule has 4 atom stereocenters. The quantitative estimate of drug-likeness (QED) is 0.636. The van der Waals surface area contributed by atoms with Crippen LogP contribution in [-0.2, 0) is 9.59 Å². The Morgan fingerprint density at radius 3 is 2.77 bits per heavy atom. The molecule has 0 spiro atoms. The van der Waals surface area contributed by atoms with Crippen LogP contribution in [0.4, 0.5) is 5.69 Å². The highest BCUT2D eigenvalue weighted by atomic mass is 16.5. The molecule has 1 aromatic carbocycles. The second-order valence-electron chi connectivity index (χ2n) is 6.53. The lowest BCUT2D eigenvalue weighted by atomic mass is 9.71. The summed E-state index contributed by atoms with van der Waals surface area (Å²) >= 11 is 0. The van der Waals surface area contributed by atoms with Crippen molar-refractivity contribution in [3.63, 3.8) is 0 Å². The Morgan fingerprint density at radius 1 is 1.27 bits per heavy atom. The third-order valence-corrected chi connectivity index (χ3v) is 5.52. The summed E-state index contributed by atoms with van der Waals surface area (Å²) in [6.07, 6.45) is 5.16. The van der Waals surface area contributed by atoms with Gasteiger partial charge in [0.2, 0.25) is 11.8 Å². The van der Waals surface area contributed by atoms with Crippen LogP contribution in [0.1, 0.15) is 20.3 Å². The van der Waals surface area contributed by atoms with Gasteiger partial charge in [-0.15, -0.1) is 0 Å². The molecule has 1 saturated heterocycles. The second kappa shape index (κ2) is 4.45. The van der Waals surface area contributed by atoms with Gasteiger partial charge in [0.05, 0.1) is 23.6 Å². The monoisotopic (exact) mass is 297 g/mol. The maximum Gasteiger partial charge on any atom is 0.241 e. The van der Waals surface area contributed by atoms with E-state index in [4.69, 9.17) is 4.74 Å². The van der Waals surface area contributed by atoms with Crippen LogP contribution in [0.15, 0.2) is 36.4 Å². The predicted octanol–water partition coefficient (Wildman–Crippen LogP) is 2.79. The first-order valence-electron chi connectivity index (χ1n) is 7.87. The van der Waals surface area contributed by atoms with Gasteiger partial charge >= 0.3 is 0 Å². The molecule has 0 aromatic heterocycles. The molecule has 1 aliphatic heterocycles. The van der Waals surface area contributed by atoms with Gasteiger partial charge in [0.25, 0.3) is 0 Å². The van der Waals surface area contributed by atoms with E-state index in [1.54, 1.807) is 6.07 Å². The van der Waals surface area contributed by atoms with E-state index in [0.29, 0.717) is 18.0 Å². The predicted molar refractivity (Wildman–Crippen MR) is 82.4 cm³/mol. The van der Waals surface area contributed by atoms with E-state index in [2.05, 4.69) is 12.2 Å². The molecule has 2 amide bonds. The molecule has 114 valence electrons. The number of fused-ring (bicyclic) bond motifs is 5. The zero-order chi connectivity index (χ0) is 15.5. The first kappa shape index (κ1) is 13.6. The molecule has 1 aromatic rings. The van der Waals surface area contributed by atoms with E-state index in [-0.39, 0.29) is 29.6 Å². The Bertz CT molecular complexity index is 695. The average molecular weight is 297 g/mol. The van der Waals surface area contributed by atoms with Crippen LogP contribution in [0.25, 0.3) is 0 Å². The highest BCUT2D eigenvalue weighted by Gasteiger charge is 2.67. The highest BCUT2D eigenvalue weighted by molar-refractivity contribution is 6.25. The summed E-state index contributed by atoms with van der Waals surface area (Å²) < 4.78 is 5.61. The number of anilines is 1. The minimum Gasteiger partial charge on any atom is -0.492 e. The normalized spacial score (nSPS) is 35.4. The van der Waals surface area contributed by atoms with Gasteiger partial charge in [0, 0.05) is 0 Å². The third kappa shape index (κ3) is 1.47. The smallest absolute Gasteiger partial charge is 0.241 e. The fourth-order valence-electron chi connectivity index (χ4n) is 4.45. The lowest BCUT2D eigenvalue weighted by molar-refractivity contribution is -0.127. The van der Waals surface area contributed by atoms with Crippen molar-refractivity contribution in [3.05, 3.63) is 36.4 Å². The van der Waals surface area contributed by atoms with Crippen molar-refractivity contribution >= 4 is 17.5 Å². The van der Waals surface area contributed by atoms with E-state index >= 15 is 0 Å². The van der Waals surface area contributed by atoms with Crippen LogP contribution in [0.2, 0.25) is 0 Å². The maximum absolute atomic E-state index is 13.1. The summed E-state index contributed by atoms with van der Waals surface area (Å²) in [6.45, 7) is 4.35. The average Bonchev–Trinajstić information content (AvgIpc) is 3.13. The molecule has 4 rings (SSSR count). The molecular weight excluding hydrogens is 278 g/mol. The van der Waals surface area contributed by atoms with Crippen molar-refractivity contribution in [2.75, 3.05) is 11.5 Å². The SMILES string of the molecule is CCOc1ccccc1N1C(=O)[C@H]2[C@@H]3C=C[C@@H](C3)[C@@]2(C)C1=O. The summed E-state index contributed by atoms with van der Waals surface area (Å²) in [7, 11) is 0. The number of carbonyl (C=O) groups is 2. The molecule has 1 heterocycles. The van der Waals surface area contributed by atoms with Crippen molar-refractivity contribution in [1.82, 2.24) is 0 Å². The number of hydrogen-bond acceptors (Lipinski definition) is 3. The fraction of sp³-hybridized carbons (Fsp3) is 0.444. The molecule has 1 saturated carbocycles. The van der Waals surface area contributed by atoms with Gasteiger partial charge in [0.15, 0.2) is 0 Å². The Balaban J connectivity index is 1.80. The molecular formula is C18H19NO3. The molecule has 0 radical (unpaired) electrons. The molecule has 2 fully saturated rings. The van der Waals surface area contributed by atoms with Crippen LogP contribution in [0.3, 0.4) is 0 Å². The Kier molecular flexibility index (Phi) is 2.74. The van der Waals surface area contributed by atoms with Crippen molar-refractivity contribution in [2.45, 2.75) is 20.3 Å². The van der Waals surface area contributed by atoms with Gasteiger partial charge in [-0.3, -0.25) is 9.59 Å². The number of hydrogen-bond donors (Lipinski definition) is 0.